The molecule has 1 N–H and O–H groups in total. The van der Waals surface area contributed by atoms with Crippen molar-refractivity contribution in [3.63, 3.8) is 0 Å². The lowest BCUT2D eigenvalue weighted by molar-refractivity contribution is -0.130. The van der Waals surface area contributed by atoms with Crippen molar-refractivity contribution in [1.82, 2.24) is 10.2 Å². The minimum absolute atomic E-state index is 0.0188. The molecule has 6 heteroatoms. The minimum Gasteiger partial charge on any atom is -0.343 e. The molecule has 1 heterocycles. The van der Waals surface area contributed by atoms with Crippen molar-refractivity contribution in [1.29, 1.82) is 0 Å². The van der Waals surface area contributed by atoms with Crippen LogP contribution in [-0.4, -0.2) is 35.8 Å². The lowest BCUT2D eigenvalue weighted by atomic mass is 10.2. The van der Waals surface area contributed by atoms with E-state index in [4.69, 9.17) is 11.6 Å². The van der Waals surface area contributed by atoms with Gasteiger partial charge < -0.3 is 10.2 Å². The number of halogens is 2. The summed E-state index contributed by atoms with van der Waals surface area (Å²) < 4.78 is 0.927. The summed E-state index contributed by atoms with van der Waals surface area (Å²) in [4.78, 5) is 25.9. The largest absolute Gasteiger partial charge is 0.343 e. The molecule has 0 unspecified atom stereocenters. The second-order valence-electron chi connectivity index (χ2n) is 4.89. The Hall–Kier alpha value is -0.820. The van der Waals surface area contributed by atoms with Crippen molar-refractivity contribution < 1.29 is 9.59 Å². The molecule has 1 aromatic carbocycles. The lowest BCUT2D eigenvalue weighted by Gasteiger charge is -2.21. The summed E-state index contributed by atoms with van der Waals surface area (Å²) in [7, 11) is 0. The Kier molecular flexibility index (Phi) is 5.26. The van der Waals surface area contributed by atoms with E-state index in [0.717, 1.165) is 23.0 Å². The van der Waals surface area contributed by atoms with Crippen molar-refractivity contribution in [2.45, 2.75) is 25.8 Å². The van der Waals surface area contributed by atoms with E-state index in [2.05, 4.69) is 27.9 Å². The van der Waals surface area contributed by atoms with Gasteiger partial charge in [-0.2, -0.15) is 0 Å². The summed E-state index contributed by atoms with van der Waals surface area (Å²) in [5.41, 5.74) is 0.404. The van der Waals surface area contributed by atoms with E-state index >= 15 is 0 Å². The van der Waals surface area contributed by atoms with Crippen LogP contribution in [0.2, 0.25) is 5.02 Å². The second-order valence-corrected chi connectivity index (χ2v) is 6.54. The molecule has 1 aromatic rings. The highest BCUT2D eigenvalue weighted by atomic mass is 127. The Morgan fingerprint density at radius 1 is 1.50 bits per heavy atom. The number of carbonyl (C=O) groups is 2. The summed E-state index contributed by atoms with van der Waals surface area (Å²) in [5, 5.41) is 3.04. The number of nitrogens with one attached hydrogen (secondary N) is 1. The van der Waals surface area contributed by atoms with Crippen LogP contribution >= 0.6 is 34.2 Å². The topological polar surface area (TPSA) is 49.4 Å². The smallest absolute Gasteiger partial charge is 0.253 e. The molecule has 20 heavy (non-hydrogen) atoms. The average Bonchev–Trinajstić information content (AvgIpc) is 2.84. The van der Waals surface area contributed by atoms with Crippen LogP contribution in [-0.2, 0) is 4.79 Å². The molecule has 1 aliphatic heterocycles. The maximum Gasteiger partial charge on any atom is 0.253 e. The predicted molar refractivity (Wildman–Crippen MR) is 86.9 cm³/mol. The van der Waals surface area contributed by atoms with Crippen LogP contribution in [0, 0.1) is 3.57 Å². The molecule has 0 saturated carbocycles. The molecule has 0 radical (unpaired) electrons. The van der Waals surface area contributed by atoms with E-state index in [-0.39, 0.29) is 24.4 Å². The summed E-state index contributed by atoms with van der Waals surface area (Å²) in [6.45, 7) is 2.83. The number of benzene rings is 1. The fraction of sp³-hybridized carbons (Fsp3) is 0.429. The first-order chi connectivity index (χ1) is 9.49. The predicted octanol–water partition coefficient (Wildman–Crippen LogP) is 2.69. The molecule has 1 fully saturated rings. The highest BCUT2D eigenvalue weighted by Gasteiger charge is 2.25. The number of amides is 2. The number of rotatable bonds is 3. The molecule has 0 aromatic heterocycles. The Labute approximate surface area is 137 Å². The van der Waals surface area contributed by atoms with E-state index in [1.165, 1.54) is 0 Å². The van der Waals surface area contributed by atoms with E-state index in [0.29, 0.717) is 10.6 Å². The monoisotopic (exact) mass is 406 g/mol. The van der Waals surface area contributed by atoms with Gasteiger partial charge in [-0.3, -0.25) is 9.59 Å². The fourth-order valence-corrected chi connectivity index (χ4v) is 3.02. The maximum atomic E-state index is 12.0. The molecule has 1 aliphatic rings. The molecule has 2 rings (SSSR count). The molecule has 1 saturated heterocycles. The van der Waals surface area contributed by atoms with Gasteiger partial charge in [0.25, 0.3) is 5.91 Å². The van der Waals surface area contributed by atoms with Gasteiger partial charge in [0, 0.05) is 16.2 Å². The third kappa shape index (κ3) is 3.63. The van der Waals surface area contributed by atoms with Crippen molar-refractivity contribution in [3.05, 3.63) is 32.4 Å². The first-order valence-electron chi connectivity index (χ1n) is 6.51. The molecular weight excluding hydrogens is 391 g/mol. The lowest BCUT2D eigenvalue weighted by Crippen LogP contribution is -2.41. The maximum absolute atomic E-state index is 12.0. The van der Waals surface area contributed by atoms with Crippen LogP contribution in [0.5, 0.6) is 0 Å². The van der Waals surface area contributed by atoms with Crippen LogP contribution in [0.3, 0.4) is 0 Å². The van der Waals surface area contributed by atoms with Gasteiger partial charge in [0.05, 0.1) is 17.1 Å². The highest BCUT2D eigenvalue weighted by Crippen LogP contribution is 2.19. The van der Waals surface area contributed by atoms with Crippen molar-refractivity contribution in [2.24, 2.45) is 0 Å². The van der Waals surface area contributed by atoms with Gasteiger partial charge in [0.2, 0.25) is 5.91 Å². The molecule has 4 nitrogen and oxygen atoms in total. The third-order valence-corrected chi connectivity index (χ3v) is 4.45. The van der Waals surface area contributed by atoms with Crippen LogP contribution in [0.4, 0.5) is 0 Å². The van der Waals surface area contributed by atoms with E-state index in [1.807, 2.05) is 17.9 Å². The van der Waals surface area contributed by atoms with Gasteiger partial charge >= 0.3 is 0 Å². The zero-order valence-electron chi connectivity index (χ0n) is 11.2. The summed E-state index contributed by atoms with van der Waals surface area (Å²) >= 11 is 8.11. The molecule has 108 valence electrons. The molecular formula is C14H16ClIN2O2. The molecule has 1 atom stereocenters. The Bertz CT molecular complexity index is 536. The van der Waals surface area contributed by atoms with Crippen molar-refractivity contribution >= 4 is 46.0 Å². The quantitative estimate of drug-likeness (QED) is 0.785. The second kappa shape index (κ2) is 6.76. The van der Waals surface area contributed by atoms with Gasteiger partial charge in [0.1, 0.15) is 0 Å². The summed E-state index contributed by atoms with van der Waals surface area (Å²) in [6.07, 6.45) is 2.06. The van der Waals surface area contributed by atoms with Crippen molar-refractivity contribution in [2.75, 3.05) is 13.1 Å². The van der Waals surface area contributed by atoms with Gasteiger partial charge in [-0.15, -0.1) is 0 Å². The van der Waals surface area contributed by atoms with Gasteiger partial charge in [-0.05, 0) is 60.6 Å². The Morgan fingerprint density at radius 2 is 2.25 bits per heavy atom. The Balaban J connectivity index is 1.95. The van der Waals surface area contributed by atoms with Crippen LogP contribution in [0.25, 0.3) is 0 Å². The molecule has 0 spiro atoms. The molecule has 0 bridgehead atoms. The SMILES string of the molecule is C[C@@H]1CCCN1C(=O)CNC(=O)c1cc(I)ccc1Cl. The van der Waals surface area contributed by atoms with Gasteiger partial charge in [-0.25, -0.2) is 0 Å². The Morgan fingerprint density at radius 3 is 2.90 bits per heavy atom. The van der Waals surface area contributed by atoms with E-state index < -0.39 is 0 Å². The minimum atomic E-state index is -0.311. The van der Waals surface area contributed by atoms with E-state index in [9.17, 15) is 9.59 Å². The number of carbonyl (C=O) groups excluding carboxylic acids is 2. The van der Waals surface area contributed by atoms with Crippen LogP contribution in [0.15, 0.2) is 18.2 Å². The normalized spacial score (nSPS) is 18.1. The number of likely N-dealkylation sites (tertiary alicyclic amines) is 1. The highest BCUT2D eigenvalue weighted by molar-refractivity contribution is 14.1. The number of hydrogen-bond donors (Lipinski definition) is 1. The molecule has 0 aliphatic carbocycles. The number of hydrogen-bond acceptors (Lipinski definition) is 2. The number of nitrogens with zero attached hydrogens (tertiary/aromatic N) is 1. The first kappa shape index (κ1) is 15.6. The van der Waals surface area contributed by atoms with Gasteiger partial charge in [0.15, 0.2) is 0 Å². The van der Waals surface area contributed by atoms with E-state index in [1.54, 1.807) is 12.1 Å². The summed E-state index contributed by atoms with van der Waals surface area (Å²) in [6, 6.07) is 5.49. The van der Waals surface area contributed by atoms with Gasteiger partial charge in [-0.1, -0.05) is 11.6 Å². The third-order valence-electron chi connectivity index (χ3n) is 3.45. The first-order valence-corrected chi connectivity index (χ1v) is 7.97. The zero-order valence-corrected chi connectivity index (χ0v) is 14.1. The zero-order chi connectivity index (χ0) is 14.7. The standard InChI is InChI=1S/C14H16ClIN2O2/c1-9-3-2-6-18(9)13(19)8-17-14(20)11-7-10(16)4-5-12(11)15/h4-5,7,9H,2-3,6,8H2,1H3,(H,17,20)/t9-/m1/s1. The van der Waals surface area contributed by atoms with Crippen LogP contribution in [0.1, 0.15) is 30.1 Å². The average molecular weight is 407 g/mol. The molecule has 2 amide bonds. The fourth-order valence-electron chi connectivity index (χ4n) is 2.33. The van der Waals surface area contributed by atoms with Crippen LogP contribution < -0.4 is 5.32 Å². The van der Waals surface area contributed by atoms with Crippen molar-refractivity contribution in [3.8, 4) is 0 Å². The summed E-state index contributed by atoms with van der Waals surface area (Å²) in [5.74, 6) is -0.348.